The smallest absolute Gasteiger partial charge is 0.251 e. The Morgan fingerprint density at radius 2 is 1.58 bits per heavy atom. The molecule has 1 rings (SSSR count). The van der Waals surface area contributed by atoms with Crippen molar-refractivity contribution in [3.8, 4) is 0 Å². The Balaban J connectivity index is 2.39. The monoisotopic (exact) mass is 333 g/mol. The van der Waals surface area contributed by atoms with Gasteiger partial charge in [0.05, 0.1) is 6.54 Å². The van der Waals surface area contributed by atoms with Crippen LogP contribution in [0.25, 0.3) is 0 Å². The summed E-state index contributed by atoms with van der Waals surface area (Å²) in [6.07, 6.45) is 0. The summed E-state index contributed by atoms with van der Waals surface area (Å²) in [6, 6.07) is 7.51. The molecule has 134 valence electrons. The molecular formula is C19H31N3O2. The van der Waals surface area contributed by atoms with E-state index in [9.17, 15) is 9.59 Å². The van der Waals surface area contributed by atoms with Crippen LogP contribution in [0.1, 0.15) is 50.5 Å². The van der Waals surface area contributed by atoms with Crippen molar-refractivity contribution >= 4 is 11.8 Å². The average molecular weight is 333 g/mol. The highest BCUT2D eigenvalue weighted by Gasteiger charge is 2.14. The van der Waals surface area contributed by atoms with Gasteiger partial charge in [0.25, 0.3) is 5.91 Å². The molecule has 0 radical (unpaired) electrons. The molecule has 2 amide bonds. The van der Waals surface area contributed by atoms with Gasteiger partial charge in [0.2, 0.25) is 5.91 Å². The Morgan fingerprint density at radius 1 is 1.00 bits per heavy atom. The van der Waals surface area contributed by atoms with Gasteiger partial charge in [-0.2, -0.15) is 0 Å². The molecule has 0 aromatic heterocycles. The van der Waals surface area contributed by atoms with Crippen molar-refractivity contribution in [3.05, 3.63) is 35.4 Å². The maximum absolute atomic E-state index is 12.1. The number of rotatable bonds is 8. The molecule has 0 atom stereocenters. The van der Waals surface area contributed by atoms with E-state index in [0.29, 0.717) is 12.1 Å². The molecule has 2 N–H and O–H groups in total. The average Bonchev–Trinajstić information content (AvgIpc) is 2.56. The molecule has 0 aliphatic rings. The summed E-state index contributed by atoms with van der Waals surface area (Å²) in [6.45, 7) is 13.9. The van der Waals surface area contributed by atoms with Crippen LogP contribution in [0.5, 0.6) is 0 Å². The Bertz CT molecular complexity index is 529. The number of benzene rings is 1. The van der Waals surface area contributed by atoms with E-state index in [0.717, 1.165) is 19.6 Å². The van der Waals surface area contributed by atoms with Gasteiger partial charge in [-0.05, 0) is 36.2 Å². The SMILES string of the molecule is CCN(CC)CCNC(=O)CNC(=O)c1ccc(C(C)(C)C)cc1. The maximum Gasteiger partial charge on any atom is 0.251 e. The normalized spacial score (nSPS) is 11.4. The number of carbonyl (C=O) groups excluding carboxylic acids is 2. The lowest BCUT2D eigenvalue weighted by Gasteiger charge is -2.19. The van der Waals surface area contributed by atoms with Crippen LogP contribution < -0.4 is 10.6 Å². The molecule has 0 heterocycles. The summed E-state index contributed by atoms with van der Waals surface area (Å²) in [4.78, 5) is 26.1. The first-order valence-electron chi connectivity index (χ1n) is 8.65. The minimum Gasteiger partial charge on any atom is -0.353 e. The van der Waals surface area contributed by atoms with E-state index in [2.05, 4.69) is 50.2 Å². The van der Waals surface area contributed by atoms with Gasteiger partial charge in [0, 0.05) is 18.7 Å². The highest BCUT2D eigenvalue weighted by Crippen LogP contribution is 2.22. The van der Waals surface area contributed by atoms with Crippen LogP contribution in [0.2, 0.25) is 0 Å². The quantitative estimate of drug-likeness (QED) is 0.766. The lowest BCUT2D eigenvalue weighted by atomic mass is 9.87. The Morgan fingerprint density at radius 3 is 2.08 bits per heavy atom. The first kappa shape index (κ1) is 20.2. The summed E-state index contributed by atoms with van der Waals surface area (Å²) in [5.74, 6) is -0.392. The second-order valence-corrected chi connectivity index (χ2v) is 6.89. The maximum atomic E-state index is 12.1. The molecule has 0 aliphatic carbocycles. The molecule has 0 bridgehead atoms. The van der Waals surface area contributed by atoms with Crippen LogP contribution in [0.3, 0.4) is 0 Å². The summed E-state index contributed by atoms with van der Waals surface area (Å²) in [7, 11) is 0. The van der Waals surface area contributed by atoms with E-state index in [1.165, 1.54) is 5.56 Å². The Kier molecular flexibility index (Phi) is 7.92. The van der Waals surface area contributed by atoms with E-state index in [1.807, 2.05) is 12.1 Å². The predicted molar refractivity (Wildman–Crippen MR) is 98.3 cm³/mol. The predicted octanol–water partition coefficient (Wildman–Crippen LogP) is 2.17. The van der Waals surface area contributed by atoms with E-state index in [4.69, 9.17) is 0 Å². The lowest BCUT2D eigenvalue weighted by Crippen LogP contribution is -2.40. The summed E-state index contributed by atoms with van der Waals surface area (Å²) < 4.78 is 0. The second kappa shape index (κ2) is 9.42. The van der Waals surface area contributed by atoms with Crippen molar-refractivity contribution in [3.63, 3.8) is 0 Å². The van der Waals surface area contributed by atoms with Gasteiger partial charge < -0.3 is 15.5 Å². The van der Waals surface area contributed by atoms with Gasteiger partial charge in [-0.15, -0.1) is 0 Å². The van der Waals surface area contributed by atoms with Crippen molar-refractivity contribution in [2.45, 2.75) is 40.0 Å². The molecular weight excluding hydrogens is 302 g/mol. The first-order chi connectivity index (χ1) is 11.3. The van der Waals surface area contributed by atoms with Gasteiger partial charge in [0.1, 0.15) is 0 Å². The molecule has 0 fully saturated rings. The third-order valence-corrected chi connectivity index (χ3v) is 4.07. The highest BCUT2D eigenvalue weighted by atomic mass is 16.2. The molecule has 24 heavy (non-hydrogen) atoms. The topological polar surface area (TPSA) is 61.4 Å². The lowest BCUT2D eigenvalue weighted by molar-refractivity contribution is -0.120. The van der Waals surface area contributed by atoms with Crippen molar-refractivity contribution < 1.29 is 9.59 Å². The Hall–Kier alpha value is -1.88. The summed E-state index contributed by atoms with van der Waals surface area (Å²) >= 11 is 0. The number of nitrogens with one attached hydrogen (secondary N) is 2. The largest absolute Gasteiger partial charge is 0.353 e. The fraction of sp³-hybridized carbons (Fsp3) is 0.579. The molecule has 0 saturated heterocycles. The van der Waals surface area contributed by atoms with Gasteiger partial charge in [-0.3, -0.25) is 9.59 Å². The minimum absolute atomic E-state index is 0.00188. The zero-order chi connectivity index (χ0) is 18.2. The van der Waals surface area contributed by atoms with Crippen LogP contribution >= 0.6 is 0 Å². The second-order valence-electron chi connectivity index (χ2n) is 6.89. The van der Waals surface area contributed by atoms with Crippen molar-refractivity contribution in [2.24, 2.45) is 0 Å². The zero-order valence-corrected chi connectivity index (χ0v) is 15.6. The first-order valence-corrected chi connectivity index (χ1v) is 8.65. The van der Waals surface area contributed by atoms with E-state index < -0.39 is 0 Å². The molecule has 1 aromatic carbocycles. The fourth-order valence-electron chi connectivity index (χ4n) is 2.34. The molecule has 1 aromatic rings. The summed E-state index contributed by atoms with van der Waals surface area (Å²) in [5, 5.41) is 5.48. The highest BCUT2D eigenvalue weighted by molar-refractivity contribution is 5.96. The van der Waals surface area contributed by atoms with Gasteiger partial charge in [-0.1, -0.05) is 46.8 Å². The number of carbonyl (C=O) groups is 2. The van der Waals surface area contributed by atoms with Crippen molar-refractivity contribution in [1.82, 2.24) is 15.5 Å². The van der Waals surface area contributed by atoms with Crippen LogP contribution in [-0.4, -0.2) is 49.4 Å². The molecule has 0 aliphatic heterocycles. The fourth-order valence-corrected chi connectivity index (χ4v) is 2.34. The molecule has 5 heteroatoms. The molecule has 0 unspecified atom stereocenters. The number of nitrogens with zero attached hydrogens (tertiary/aromatic N) is 1. The number of hydrogen-bond acceptors (Lipinski definition) is 3. The number of hydrogen-bond donors (Lipinski definition) is 2. The third kappa shape index (κ3) is 6.71. The molecule has 0 saturated carbocycles. The summed E-state index contributed by atoms with van der Waals surface area (Å²) in [5.41, 5.74) is 1.80. The molecule has 5 nitrogen and oxygen atoms in total. The van der Waals surface area contributed by atoms with Crippen LogP contribution in [0.4, 0.5) is 0 Å². The number of amides is 2. The van der Waals surface area contributed by atoms with Crippen molar-refractivity contribution in [2.75, 3.05) is 32.7 Å². The van der Waals surface area contributed by atoms with E-state index >= 15 is 0 Å². The third-order valence-electron chi connectivity index (χ3n) is 4.07. The van der Waals surface area contributed by atoms with Crippen molar-refractivity contribution in [1.29, 1.82) is 0 Å². The Labute approximate surface area is 145 Å². The zero-order valence-electron chi connectivity index (χ0n) is 15.6. The van der Waals surface area contributed by atoms with Gasteiger partial charge >= 0.3 is 0 Å². The van der Waals surface area contributed by atoms with Crippen LogP contribution in [-0.2, 0) is 10.2 Å². The number of likely N-dealkylation sites (N-methyl/N-ethyl adjacent to an activating group) is 1. The molecule has 0 spiro atoms. The van der Waals surface area contributed by atoms with Crippen LogP contribution in [0, 0.1) is 0 Å². The van der Waals surface area contributed by atoms with Gasteiger partial charge in [-0.25, -0.2) is 0 Å². The van der Waals surface area contributed by atoms with Gasteiger partial charge in [0.15, 0.2) is 0 Å². The van der Waals surface area contributed by atoms with E-state index in [-0.39, 0.29) is 23.8 Å². The van der Waals surface area contributed by atoms with E-state index in [1.54, 1.807) is 12.1 Å². The van der Waals surface area contributed by atoms with Crippen LogP contribution in [0.15, 0.2) is 24.3 Å². The standard InChI is InChI=1S/C19H31N3O2/c1-6-22(7-2)13-12-20-17(23)14-21-18(24)15-8-10-16(11-9-15)19(3,4)5/h8-11H,6-7,12-14H2,1-5H3,(H,20,23)(H,21,24). The minimum atomic E-state index is -0.227.